The molecule has 1 heterocycles. The molecule has 0 aromatic carbocycles. The Labute approximate surface area is 53.4 Å². The fourth-order valence-corrected chi connectivity index (χ4v) is 2.70. The van der Waals surface area contributed by atoms with Crippen molar-refractivity contribution in [2.24, 2.45) is 0 Å². The van der Waals surface area contributed by atoms with E-state index in [0.29, 0.717) is 0 Å². The van der Waals surface area contributed by atoms with Crippen LogP contribution in [-0.4, -0.2) is 17.3 Å². The van der Waals surface area contributed by atoms with Crippen molar-refractivity contribution < 1.29 is 0 Å². The van der Waals surface area contributed by atoms with E-state index < -0.39 is 0 Å². The van der Waals surface area contributed by atoms with Gasteiger partial charge in [-0.25, -0.2) is 0 Å². The Balaban J connectivity index is 2.12. The highest BCUT2D eigenvalue weighted by Crippen LogP contribution is 2.28. The molecule has 0 unspecified atom stereocenters. The van der Waals surface area contributed by atoms with Crippen molar-refractivity contribution in [3.8, 4) is 0 Å². The molecule has 1 saturated heterocycles. The average Bonchev–Trinajstić information content (AvgIpc) is 1.69. The summed E-state index contributed by atoms with van der Waals surface area (Å²) in [4.78, 5) is 0. The fourth-order valence-electron chi connectivity index (χ4n) is 0.532. The molecule has 0 N–H and O–H groups in total. The first-order chi connectivity index (χ1) is 3.39. The molecule has 1 aliphatic rings. The standard InChI is InChI=1S/C5H9S2/c1-5-4-6-2-3-7-5/h2-4H2,1H3. The minimum absolute atomic E-state index is 1.28. The summed E-state index contributed by atoms with van der Waals surface area (Å²) in [6, 6.07) is 0. The summed E-state index contributed by atoms with van der Waals surface area (Å²) >= 11 is 4.06. The second-order valence-corrected chi connectivity index (χ2v) is 4.10. The van der Waals surface area contributed by atoms with Crippen molar-refractivity contribution in [3.05, 3.63) is 5.25 Å². The lowest BCUT2D eigenvalue weighted by Gasteiger charge is -2.14. The van der Waals surface area contributed by atoms with Gasteiger partial charge in [-0.15, -0.1) is 0 Å². The first kappa shape index (κ1) is 5.83. The van der Waals surface area contributed by atoms with Crippen molar-refractivity contribution in [1.82, 2.24) is 0 Å². The van der Waals surface area contributed by atoms with E-state index in [4.69, 9.17) is 0 Å². The van der Waals surface area contributed by atoms with Gasteiger partial charge < -0.3 is 0 Å². The van der Waals surface area contributed by atoms with E-state index in [9.17, 15) is 0 Å². The zero-order valence-electron chi connectivity index (χ0n) is 4.44. The molecule has 1 radical (unpaired) electrons. The third-order valence-electron chi connectivity index (χ3n) is 0.881. The number of hydrogen-bond acceptors (Lipinski definition) is 2. The molecule has 7 heavy (non-hydrogen) atoms. The van der Waals surface area contributed by atoms with Crippen LogP contribution in [0.3, 0.4) is 0 Å². The van der Waals surface area contributed by atoms with Gasteiger partial charge in [0, 0.05) is 22.5 Å². The first-order valence-corrected chi connectivity index (χ1v) is 4.56. The maximum Gasteiger partial charge on any atom is 0.0374 e. The second kappa shape index (κ2) is 2.88. The molecule has 0 aromatic heterocycles. The molecular formula is C5H9S2. The Hall–Kier alpha value is 0.700. The van der Waals surface area contributed by atoms with E-state index >= 15 is 0 Å². The van der Waals surface area contributed by atoms with Crippen molar-refractivity contribution in [1.29, 1.82) is 0 Å². The summed E-state index contributed by atoms with van der Waals surface area (Å²) in [6.07, 6.45) is 0. The monoisotopic (exact) mass is 133 g/mol. The summed E-state index contributed by atoms with van der Waals surface area (Å²) in [5, 5.41) is 1.59. The van der Waals surface area contributed by atoms with Crippen molar-refractivity contribution in [2.75, 3.05) is 17.3 Å². The molecule has 0 bridgehead atoms. The lowest BCUT2D eigenvalue weighted by Crippen LogP contribution is -2.01. The summed E-state index contributed by atoms with van der Waals surface area (Å²) in [7, 11) is 0. The van der Waals surface area contributed by atoms with Crippen molar-refractivity contribution >= 4 is 23.5 Å². The first-order valence-electron chi connectivity index (χ1n) is 2.42. The van der Waals surface area contributed by atoms with E-state index in [0.717, 1.165) is 0 Å². The Morgan fingerprint density at radius 3 is 2.57 bits per heavy atom. The molecule has 0 spiro atoms. The normalized spacial score (nSPS) is 25.3. The van der Waals surface area contributed by atoms with Crippen LogP contribution in [0.2, 0.25) is 0 Å². The smallest absolute Gasteiger partial charge is 0.0374 e. The van der Waals surface area contributed by atoms with E-state index in [-0.39, 0.29) is 0 Å². The van der Waals surface area contributed by atoms with Gasteiger partial charge in [-0.3, -0.25) is 0 Å². The maximum atomic E-state index is 2.22. The highest BCUT2D eigenvalue weighted by Gasteiger charge is 2.07. The van der Waals surface area contributed by atoms with Gasteiger partial charge in [-0.2, -0.15) is 23.5 Å². The van der Waals surface area contributed by atoms with Crippen LogP contribution in [0.1, 0.15) is 6.92 Å². The average molecular weight is 133 g/mol. The van der Waals surface area contributed by atoms with Crippen molar-refractivity contribution in [3.63, 3.8) is 0 Å². The van der Waals surface area contributed by atoms with Crippen LogP contribution in [0.5, 0.6) is 0 Å². The molecule has 1 rings (SSSR count). The molecule has 0 amide bonds. The van der Waals surface area contributed by atoms with Crippen LogP contribution >= 0.6 is 23.5 Å². The van der Waals surface area contributed by atoms with Crippen LogP contribution in [0, 0.1) is 5.25 Å². The highest BCUT2D eigenvalue weighted by atomic mass is 32.2. The number of thioether (sulfide) groups is 2. The van der Waals surface area contributed by atoms with Gasteiger partial charge in [0.15, 0.2) is 0 Å². The quantitative estimate of drug-likeness (QED) is 0.496. The van der Waals surface area contributed by atoms with E-state index in [1.165, 1.54) is 17.3 Å². The molecule has 0 aliphatic carbocycles. The highest BCUT2D eigenvalue weighted by molar-refractivity contribution is 8.08. The molecule has 0 aromatic rings. The number of hydrogen-bond donors (Lipinski definition) is 0. The fraction of sp³-hybridized carbons (Fsp3) is 0.800. The Morgan fingerprint density at radius 2 is 2.29 bits per heavy atom. The van der Waals surface area contributed by atoms with Crippen LogP contribution in [0.15, 0.2) is 0 Å². The SMILES string of the molecule is C[C]1CSCCS1. The third-order valence-corrected chi connectivity index (χ3v) is 3.50. The van der Waals surface area contributed by atoms with Crippen LogP contribution in [-0.2, 0) is 0 Å². The third kappa shape index (κ3) is 1.96. The van der Waals surface area contributed by atoms with E-state index in [1.54, 1.807) is 5.25 Å². The predicted molar refractivity (Wildman–Crippen MR) is 38.7 cm³/mol. The summed E-state index contributed by atoms with van der Waals surface area (Å²) < 4.78 is 0. The molecule has 41 valence electrons. The van der Waals surface area contributed by atoms with Crippen LogP contribution < -0.4 is 0 Å². The van der Waals surface area contributed by atoms with Gasteiger partial charge in [0.1, 0.15) is 0 Å². The molecule has 0 saturated carbocycles. The summed E-state index contributed by atoms with van der Waals surface area (Å²) in [5.74, 6) is 3.96. The lowest BCUT2D eigenvalue weighted by atomic mass is 10.6. The van der Waals surface area contributed by atoms with Gasteiger partial charge in [-0.1, -0.05) is 0 Å². The minimum Gasteiger partial charge on any atom is -0.160 e. The predicted octanol–water partition coefficient (Wildman–Crippen LogP) is 2.02. The van der Waals surface area contributed by atoms with Gasteiger partial charge in [0.25, 0.3) is 0 Å². The van der Waals surface area contributed by atoms with Gasteiger partial charge in [0.2, 0.25) is 0 Å². The van der Waals surface area contributed by atoms with E-state index in [2.05, 4.69) is 6.92 Å². The zero-order valence-corrected chi connectivity index (χ0v) is 6.07. The Kier molecular flexibility index (Phi) is 2.40. The topological polar surface area (TPSA) is 0 Å². The minimum atomic E-state index is 1.28. The zero-order chi connectivity index (χ0) is 5.11. The largest absolute Gasteiger partial charge is 0.160 e. The molecule has 2 heteroatoms. The van der Waals surface area contributed by atoms with Crippen LogP contribution in [0.4, 0.5) is 0 Å². The molecule has 0 atom stereocenters. The molecule has 0 nitrogen and oxygen atoms in total. The molecule has 1 aliphatic heterocycles. The van der Waals surface area contributed by atoms with Gasteiger partial charge in [-0.05, 0) is 6.92 Å². The summed E-state index contributed by atoms with van der Waals surface area (Å²) in [5.41, 5.74) is 0. The van der Waals surface area contributed by atoms with Crippen molar-refractivity contribution in [2.45, 2.75) is 6.92 Å². The Morgan fingerprint density at radius 1 is 1.43 bits per heavy atom. The lowest BCUT2D eigenvalue weighted by molar-refractivity contribution is 1.31. The Bertz CT molecular complexity index is 48.0. The second-order valence-electron chi connectivity index (χ2n) is 1.60. The van der Waals surface area contributed by atoms with Crippen LogP contribution in [0.25, 0.3) is 0 Å². The molecular weight excluding hydrogens is 124 g/mol. The number of rotatable bonds is 0. The molecule has 1 fully saturated rings. The maximum absolute atomic E-state index is 2.22. The summed E-state index contributed by atoms with van der Waals surface area (Å²) in [6.45, 7) is 2.22. The van der Waals surface area contributed by atoms with Gasteiger partial charge >= 0.3 is 0 Å². The van der Waals surface area contributed by atoms with E-state index in [1.807, 2.05) is 23.5 Å². The van der Waals surface area contributed by atoms with Gasteiger partial charge in [0.05, 0.1) is 0 Å².